The molecule has 0 bridgehead atoms. The summed E-state index contributed by atoms with van der Waals surface area (Å²) in [6.45, 7) is 5.87. The molecule has 0 radical (unpaired) electrons. The van der Waals surface area contributed by atoms with Gasteiger partial charge in [0.1, 0.15) is 0 Å². The van der Waals surface area contributed by atoms with Crippen LogP contribution >= 0.6 is 0 Å². The zero-order chi connectivity index (χ0) is 21.0. The third-order valence-electron chi connectivity index (χ3n) is 3.49. The van der Waals surface area contributed by atoms with E-state index in [1.807, 2.05) is 0 Å². The standard InChI is InChI=1S/C15H18F9NO/c1-4-5-6-7-10(8-25-11(26)9(2)3)12(16,17)13(18,19)14(20,21)15(22,23)24/h8,10H,2,4-7H2,1,3H3. The van der Waals surface area contributed by atoms with E-state index in [0.717, 1.165) is 6.92 Å². The number of carbonyl (C=O) groups is 1. The number of hydrogen-bond acceptors (Lipinski definition) is 1. The zero-order valence-corrected chi connectivity index (χ0v) is 13.9. The molecule has 1 amide bonds. The molecule has 26 heavy (non-hydrogen) atoms. The number of amides is 1. The van der Waals surface area contributed by atoms with Gasteiger partial charge in [-0.1, -0.05) is 32.8 Å². The Morgan fingerprint density at radius 3 is 1.88 bits per heavy atom. The number of aliphatic imine (C=N–C) groups is 1. The monoisotopic (exact) mass is 399 g/mol. The highest BCUT2D eigenvalue weighted by Gasteiger charge is 2.82. The Kier molecular flexibility index (Phi) is 7.92. The molecular weight excluding hydrogens is 381 g/mol. The summed E-state index contributed by atoms with van der Waals surface area (Å²) >= 11 is 0. The van der Waals surface area contributed by atoms with E-state index in [4.69, 9.17) is 0 Å². The maximum Gasteiger partial charge on any atom is 0.460 e. The molecule has 1 unspecified atom stereocenters. The molecule has 0 saturated carbocycles. The Morgan fingerprint density at radius 1 is 1.00 bits per heavy atom. The van der Waals surface area contributed by atoms with Crippen LogP contribution in [0, 0.1) is 5.92 Å². The molecule has 0 spiro atoms. The van der Waals surface area contributed by atoms with Crippen molar-refractivity contribution >= 4 is 12.1 Å². The summed E-state index contributed by atoms with van der Waals surface area (Å²) in [5.74, 6) is -23.5. The molecule has 152 valence electrons. The Labute approximate surface area is 144 Å². The number of halogens is 9. The second-order valence-corrected chi connectivity index (χ2v) is 5.74. The SMILES string of the molecule is C=C(C)C(=O)N=CC(CCCCC)C(F)(F)C(F)(F)C(F)(F)C(F)(F)F. The fourth-order valence-electron chi connectivity index (χ4n) is 1.85. The quantitative estimate of drug-likeness (QED) is 0.208. The van der Waals surface area contributed by atoms with E-state index in [-0.39, 0.29) is 24.6 Å². The van der Waals surface area contributed by atoms with E-state index in [0.29, 0.717) is 6.42 Å². The molecule has 0 N–H and O–H groups in total. The summed E-state index contributed by atoms with van der Waals surface area (Å²) in [5.41, 5.74) is -0.260. The Hall–Kier alpha value is -1.55. The van der Waals surface area contributed by atoms with Gasteiger partial charge in [0.05, 0.1) is 5.92 Å². The van der Waals surface area contributed by atoms with Crippen LogP contribution in [0.4, 0.5) is 39.5 Å². The molecule has 0 aromatic carbocycles. The van der Waals surface area contributed by atoms with Gasteiger partial charge in [0.25, 0.3) is 5.91 Å². The van der Waals surface area contributed by atoms with Crippen molar-refractivity contribution in [2.24, 2.45) is 10.9 Å². The van der Waals surface area contributed by atoms with Gasteiger partial charge in [-0.05, 0) is 13.3 Å². The van der Waals surface area contributed by atoms with Crippen LogP contribution in [0.5, 0.6) is 0 Å². The second kappa shape index (κ2) is 8.43. The highest BCUT2D eigenvalue weighted by molar-refractivity contribution is 5.97. The van der Waals surface area contributed by atoms with E-state index >= 15 is 0 Å². The highest BCUT2D eigenvalue weighted by atomic mass is 19.4. The highest BCUT2D eigenvalue weighted by Crippen LogP contribution is 2.55. The maximum atomic E-state index is 14.0. The smallest absolute Gasteiger partial charge is 0.267 e. The average Bonchev–Trinajstić information content (AvgIpc) is 2.48. The third kappa shape index (κ3) is 5.00. The van der Waals surface area contributed by atoms with Crippen molar-refractivity contribution in [1.29, 1.82) is 0 Å². The Morgan fingerprint density at radius 2 is 1.50 bits per heavy atom. The first-order valence-electron chi connectivity index (χ1n) is 7.48. The topological polar surface area (TPSA) is 29.4 Å². The summed E-state index contributed by atoms with van der Waals surface area (Å²) in [5, 5.41) is 0. The molecule has 1 atom stereocenters. The minimum absolute atomic E-state index is 0.00691. The van der Waals surface area contributed by atoms with Crippen molar-refractivity contribution in [3.8, 4) is 0 Å². The van der Waals surface area contributed by atoms with E-state index in [1.165, 1.54) is 0 Å². The molecule has 0 aliphatic carbocycles. The van der Waals surface area contributed by atoms with Gasteiger partial charge in [0.15, 0.2) is 0 Å². The van der Waals surface area contributed by atoms with E-state index in [2.05, 4.69) is 11.6 Å². The third-order valence-corrected chi connectivity index (χ3v) is 3.49. The molecule has 11 heteroatoms. The van der Waals surface area contributed by atoms with Gasteiger partial charge in [-0.3, -0.25) is 4.79 Å². The first kappa shape index (κ1) is 24.5. The number of unbranched alkanes of at least 4 members (excludes halogenated alkanes) is 2. The molecule has 0 rings (SSSR count). The summed E-state index contributed by atoms with van der Waals surface area (Å²) < 4.78 is 118. The van der Waals surface area contributed by atoms with E-state index in [9.17, 15) is 44.3 Å². The molecule has 0 aliphatic rings. The lowest BCUT2D eigenvalue weighted by atomic mass is 9.88. The van der Waals surface area contributed by atoms with E-state index < -0.39 is 42.2 Å². The molecule has 0 aromatic heterocycles. The molecule has 0 saturated heterocycles. The summed E-state index contributed by atoms with van der Waals surface area (Å²) in [6, 6.07) is 0. The fraction of sp³-hybridized carbons (Fsp3) is 0.733. The molecule has 0 aliphatic heterocycles. The number of carbonyl (C=O) groups excluding carboxylic acids is 1. The van der Waals surface area contributed by atoms with Crippen LogP contribution in [0.2, 0.25) is 0 Å². The van der Waals surface area contributed by atoms with Gasteiger partial charge in [0, 0.05) is 11.8 Å². The lowest BCUT2D eigenvalue weighted by Crippen LogP contribution is -2.63. The minimum Gasteiger partial charge on any atom is -0.267 e. The van der Waals surface area contributed by atoms with Gasteiger partial charge in [0.2, 0.25) is 0 Å². The number of rotatable bonds is 9. The van der Waals surface area contributed by atoms with Crippen LogP contribution in [-0.4, -0.2) is 36.1 Å². The summed E-state index contributed by atoms with van der Waals surface area (Å²) in [7, 11) is 0. The van der Waals surface area contributed by atoms with Gasteiger partial charge in [-0.2, -0.15) is 39.5 Å². The molecule has 2 nitrogen and oxygen atoms in total. The van der Waals surface area contributed by atoms with Gasteiger partial charge >= 0.3 is 23.9 Å². The second-order valence-electron chi connectivity index (χ2n) is 5.74. The lowest BCUT2D eigenvalue weighted by molar-refractivity contribution is -0.400. The molecule has 0 aromatic rings. The predicted molar refractivity (Wildman–Crippen MR) is 76.8 cm³/mol. The van der Waals surface area contributed by atoms with Gasteiger partial charge < -0.3 is 0 Å². The summed E-state index contributed by atoms with van der Waals surface area (Å²) in [4.78, 5) is 14.2. The Balaban J connectivity index is 5.94. The minimum atomic E-state index is -6.97. The van der Waals surface area contributed by atoms with Crippen molar-refractivity contribution in [3.63, 3.8) is 0 Å². The zero-order valence-electron chi connectivity index (χ0n) is 13.9. The van der Waals surface area contributed by atoms with Crippen LogP contribution in [0.1, 0.15) is 39.5 Å². The van der Waals surface area contributed by atoms with E-state index in [1.54, 1.807) is 6.92 Å². The number of hydrogen-bond donors (Lipinski definition) is 0. The number of alkyl halides is 9. The van der Waals surface area contributed by atoms with Crippen LogP contribution in [0.3, 0.4) is 0 Å². The number of nitrogens with zero attached hydrogens (tertiary/aromatic N) is 1. The average molecular weight is 399 g/mol. The first-order valence-corrected chi connectivity index (χ1v) is 7.48. The van der Waals surface area contributed by atoms with Crippen LogP contribution in [-0.2, 0) is 4.79 Å². The van der Waals surface area contributed by atoms with Crippen LogP contribution in [0.25, 0.3) is 0 Å². The maximum absolute atomic E-state index is 14.0. The first-order chi connectivity index (χ1) is 11.5. The molecule has 0 heterocycles. The van der Waals surface area contributed by atoms with Crippen molar-refractivity contribution in [3.05, 3.63) is 12.2 Å². The molecule has 0 fully saturated rings. The fourth-order valence-corrected chi connectivity index (χ4v) is 1.85. The normalized spacial score (nSPS) is 15.3. The lowest BCUT2D eigenvalue weighted by Gasteiger charge is -2.36. The van der Waals surface area contributed by atoms with Crippen molar-refractivity contribution in [2.45, 2.75) is 63.5 Å². The van der Waals surface area contributed by atoms with Crippen LogP contribution in [0.15, 0.2) is 17.1 Å². The van der Waals surface area contributed by atoms with Gasteiger partial charge in [-0.15, -0.1) is 0 Å². The predicted octanol–water partition coefficient (Wildman–Crippen LogP) is 5.82. The van der Waals surface area contributed by atoms with Crippen molar-refractivity contribution in [2.75, 3.05) is 0 Å². The van der Waals surface area contributed by atoms with Crippen molar-refractivity contribution in [1.82, 2.24) is 0 Å². The van der Waals surface area contributed by atoms with Gasteiger partial charge in [-0.25, -0.2) is 4.99 Å². The summed E-state index contributed by atoms with van der Waals surface area (Å²) in [6.07, 6.45) is -7.26. The Bertz CT molecular complexity index is 538. The molecular formula is C15H18F9NO. The largest absolute Gasteiger partial charge is 0.460 e. The van der Waals surface area contributed by atoms with Crippen LogP contribution < -0.4 is 0 Å². The van der Waals surface area contributed by atoms with Crippen molar-refractivity contribution < 1.29 is 44.3 Å².